The number of fused-ring (bicyclic) bond motifs is 3. The minimum atomic E-state index is -0.693. The maximum atomic E-state index is 12.8. The number of ether oxygens (including phenoxy) is 1. The number of Topliss-reactive ketones (excluding diaryl/α,β-unsaturated/α-hetero) is 1. The van der Waals surface area contributed by atoms with E-state index in [2.05, 4.69) is 27.4 Å². The van der Waals surface area contributed by atoms with Gasteiger partial charge in [0.15, 0.2) is 5.78 Å². The third-order valence-electron chi connectivity index (χ3n) is 7.45. The van der Waals surface area contributed by atoms with Gasteiger partial charge in [-0.15, -0.1) is 0 Å². The predicted molar refractivity (Wildman–Crippen MR) is 100 cm³/mol. The Balaban J connectivity index is 1.99. The first-order valence-electron chi connectivity index (χ1n) is 9.78. The Kier molecular flexibility index (Phi) is 4.93. The molecule has 0 amide bonds. The van der Waals surface area contributed by atoms with Gasteiger partial charge in [0.05, 0.1) is 6.10 Å². The second-order valence-electron chi connectivity index (χ2n) is 9.41. The van der Waals surface area contributed by atoms with Gasteiger partial charge in [-0.3, -0.25) is 9.59 Å². The molecule has 144 valence electrons. The number of hydrogen-bond donors (Lipinski definition) is 1. The van der Waals surface area contributed by atoms with E-state index < -0.39 is 12.1 Å². The maximum Gasteiger partial charge on any atom is 0.302 e. The molecule has 0 spiro atoms. The van der Waals surface area contributed by atoms with E-state index in [0.717, 1.165) is 25.7 Å². The molecular formula is C22H32O4. The van der Waals surface area contributed by atoms with Gasteiger partial charge in [-0.2, -0.15) is 0 Å². The number of allylic oxidation sites excluding steroid dienone is 1. The lowest BCUT2D eigenvalue weighted by atomic mass is 9.50. The van der Waals surface area contributed by atoms with Crippen LogP contribution in [0.5, 0.6) is 0 Å². The largest absolute Gasteiger partial charge is 0.461 e. The summed E-state index contributed by atoms with van der Waals surface area (Å²) in [5.41, 5.74) is 1.60. The minimum absolute atomic E-state index is 0.00350. The molecule has 1 N–H and O–H groups in total. The monoisotopic (exact) mass is 360 g/mol. The van der Waals surface area contributed by atoms with Crippen LogP contribution in [0.4, 0.5) is 0 Å². The fourth-order valence-corrected chi connectivity index (χ4v) is 6.04. The molecule has 0 heterocycles. The Hall–Kier alpha value is -1.42. The molecule has 0 aromatic carbocycles. The van der Waals surface area contributed by atoms with Crippen molar-refractivity contribution in [2.75, 3.05) is 6.61 Å². The van der Waals surface area contributed by atoms with Crippen molar-refractivity contribution in [3.63, 3.8) is 0 Å². The number of aliphatic hydroxyl groups excluding tert-OH is 1. The summed E-state index contributed by atoms with van der Waals surface area (Å²) in [6.07, 6.45) is 5.71. The van der Waals surface area contributed by atoms with E-state index >= 15 is 0 Å². The molecule has 2 saturated carbocycles. The van der Waals surface area contributed by atoms with Crippen molar-refractivity contribution in [3.05, 3.63) is 23.8 Å². The first-order valence-corrected chi connectivity index (χ1v) is 9.78. The summed E-state index contributed by atoms with van der Waals surface area (Å²) < 4.78 is 5.05. The van der Waals surface area contributed by atoms with Crippen molar-refractivity contribution in [1.29, 1.82) is 0 Å². The zero-order valence-corrected chi connectivity index (χ0v) is 16.5. The molecule has 3 rings (SSSR count). The van der Waals surface area contributed by atoms with Crippen molar-refractivity contribution in [1.82, 2.24) is 0 Å². The van der Waals surface area contributed by atoms with E-state index in [0.29, 0.717) is 23.8 Å². The van der Waals surface area contributed by atoms with Gasteiger partial charge in [0.25, 0.3) is 0 Å². The average Bonchev–Trinajstić information content (AvgIpc) is 2.84. The zero-order chi connectivity index (χ0) is 19.3. The van der Waals surface area contributed by atoms with E-state index in [1.54, 1.807) is 6.08 Å². The molecule has 26 heavy (non-hydrogen) atoms. The molecule has 3 aliphatic rings. The van der Waals surface area contributed by atoms with Crippen LogP contribution in [-0.4, -0.2) is 29.6 Å². The zero-order valence-electron chi connectivity index (χ0n) is 16.5. The lowest BCUT2D eigenvalue weighted by molar-refractivity contribution is -0.140. The standard InChI is InChI=1S/C22H32O4/c1-13(2)16-6-7-21(4)8-9-22(5)11-18(25)15(12-26-14(3)23)10-17(24)20(22)19(16)21/h10,16-17,19-20,24H,1,6-9,11-12H2,2-5H3/t16-,17-,19-,20+,21+,22-/m0/s1. The molecule has 0 aromatic rings. The average molecular weight is 360 g/mol. The van der Waals surface area contributed by atoms with Gasteiger partial charge >= 0.3 is 5.97 Å². The molecule has 0 aromatic heterocycles. The first-order chi connectivity index (χ1) is 12.1. The van der Waals surface area contributed by atoms with Crippen LogP contribution in [0.1, 0.15) is 59.8 Å². The van der Waals surface area contributed by atoms with Crippen LogP contribution in [-0.2, 0) is 14.3 Å². The summed E-state index contributed by atoms with van der Waals surface area (Å²) in [7, 11) is 0. The summed E-state index contributed by atoms with van der Waals surface area (Å²) in [5.74, 6) is 0.364. The van der Waals surface area contributed by atoms with Crippen molar-refractivity contribution in [3.8, 4) is 0 Å². The Labute approximate surface area is 156 Å². The SMILES string of the molecule is C=C(C)[C@@H]1CC[C@]2(C)CC[C@@]3(C)CC(=O)C(COC(C)=O)=C[C@H](O)[C@@H]3[C@H]12. The second kappa shape index (κ2) is 6.63. The first kappa shape index (κ1) is 19.3. The Morgan fingerprint density at radius 3 is 2.50 bits per heavy atom. The number of ketones is 1. The van der Waals surface area contributed by atoms with E-state index in [9.17, 15) is 14.7 Å². The van der Waals surface area contributed by atoms with Crippen molar-refractivity contribution >= 4 is 11.8 Å². The lowest BCUT2D eigenvalue weighted by Crippen LogP contribution is -2.51. The lowest BCUT2D eigenvalue weighted by Gasteiger charge is -2.54. The molecule has 0 unspecified atom stereocenters. The van der Waals surface area contributed by atoms with Crippen LogP contribution in [0.2, 0.25) is 0 Å². The summed E-state index contributed by atoms with van der Waals surface area (Å²) in [6, 6.07) is 0. The highest BCUT2D eigenvalue weighted by Gasteiger charge is 2.59. The molecular weight excluding hydrogens is 328 g/mol. The Morgan fingerprint density at radius 1 is 1.23 bits per heavy atom. The molecule has 0 bridgehead atoms. The van der Waals surface area contributed by atoms with E-state index in [1.807, 2.05) is 0 Å². The third-order valence-corrected chi connectivity index (χ3v) is 7.45. The number of hydrogen-bond acceptors (Lipinski definition) is 4. The van der Waals surface area contributed by atoms with Gasteiger partial charge < -0.3 is 9.84 Å². The third kappa shape index (κ3) is 3.17. The Morgan fingerprint density at radius 2 is 1.88 bits per heavy atom. The van der Waals surface area contributed by atoms with Gasteiger partial charge in [0.2, 0.25) is 0 Å². The van der Waals surface area contributed by atoms with Gasteiger partial charge in [0, 0.05) is 18.9 Å². The van der Waals surface area contributed by atoms with Crippen LogP contribution >= 0.6 is 0 Å². The molecule has 3 aliphatic carbocycles. The fourth-order valence-electron chi connectivity index (χ4n) is 6.04. The second-order valence-corrected chi connectivity index (χ2v) is 9.41. The van der Waals surface area contributed by atoms with E-state index in [-0.39, 0.29) is 29.1 Å². The number of carbonyl (C=O) groups is 2. The van der Waals surface area contributed by atoms with E-state index in [4.69, 9.17) is 4.74 Å². The van der Waals surface area contributed by atoms with Crippen LogP contribution in [0, 0.1) is 28.6 Å². The summed E-state index contributed by atoms with van der Waals surface area (Å²) in [5, 5.41) is 11.2. The van der Waals surface area contributed by atoms with Gasteiger partial charge in [-0.05, 0) is 67.3 Å². The number of esters is 1. The summed E-state index contributed by atoms with van der Waals surface area (Å²) in [6.45, 7) is 12.1. The fraction of sp³-hybridized carbons (Fsp3) is 0.727. The van der Waals surface area contributed by atoms with Crippen LogP contribution in [0.15, 0.2) is 23.8 Å². The van der Waals surface area contributed by atoms with Gasteiger partial charge in [-0.1, -0.05) is 26.0 Å². The molecule has 2 fully saturated rings. The van der Waals surface area contributed by atoms with Crippen molar-refractivity contribution in [2.45, 2.75) is 65.9 Å². The maximum absolute atomic E-state index is 12.8. The number of carbonyl (C=O) groups excluding carboxylic acids is 2. The predicted octanol–water partition coefficient (Wildman–Crippen LogP) is 3.83. The molecule has 4 heteroatoms. The van der Waals surface area contributed by atoms with Crippen LogP contribution in [0.3, 0.4) is 0 Å². The number of aliphatic hydroxyl groups is 1. The smallest absolute Gasteiger partial charge is 0.302 e. The summed E-state index contributed by atoms with van der Waals surface area (Å²) in [4.78, 5) is 24.0. The van der Waals surface area contributed by atoms with Gasteiger partial charge in [0.1, 0.15) is 6.61 Å². The normalized spacial score (nSPS) is 42.3. The highest BCUT2D eigenvalue weighted by molar-refractivity contribution is 5.96. The highest BCUT2D eigenvalue weighted by Crippen LogP contribution is 2.65. The van der Waals surface area contributed by atoms with Gasteiger partial charge in [-0.25, -0.2) is 0 Å². The molecule has 4 nitrogen and oxygen atoms in total. The topological polar surface area (TPSA) is 63.6 Å². The van der Waals surface area contributed by atoms with Crippen molar-refractivity contribution < 1.29 is 19.4 Å². The highest BCUT2D eigenvalue weighted by atomic mass is 16.5. The summed E-state index contributed by atoms with van der Waals surface area (Å²) >= 11 is 0. The van der Waals surface area contributed by atoms with Crippen LogP contribution in [0.25, 0.3) is 0 Å². The molecule has 6 atom stereocenters. The quantitative estimate of drug-likeness (QED) is 0.614. The molecule has 0 aliphatic heterocycles. The number of rotatable bonds is 3. The Bertz CT molecular complexity index is 663. The van der Waals surface area contributed by atoms with Crippen LogP contribution < -0.4 is 0 Å². The minimum Gasteiger partial charge on any atom is -0.461 e. The molecule has 0 saturated heterocycles. The van der Waals surface area contributed by atoms with E-state index in [1.165, 1.54) is 12.5 Å². The van der Waals surface area contributed by atoms with Crippen molar-refractivity contribution in [2.24, 2.45) is 28.6 Å². The molecule has 0 radical (unpaired) electrons.